The summed E-state index contributed by atoms with van der Waals surface area (Å²) in [5.74, 6) is -4.48. The van der Waals surface area contributed by atoms with E-state index in [0.29, 0.717) is 0 Å². The fourth-order valence-corrected chi connectivity index (χ4v) is 2.16. The second-order valence-electron chi connectivity index (χ2n) is 5.71. The molecule has 11 heteroatoms. The normalized spacial score (nSPS) is 11.3. The zero-order valence-electron chi connectivity index (χ0n) is 15.0. The number of carbonyl (C=O) groups excluding carboxylic acids is 3. The molecule has 0 unspecified atom stereocenters. The molecule has 2 amide bonds. The molecule has 2 aromatic carbocycles. The number of nitro benzene ring substituents is 1. The van der Waals surface area contributed by atoms with Gasteiger partial charge in [-0.1, -0.05) is 12.1 Å². The van der Waals surface area contributed by atoms with Crippen molar-refractivity contribution in [1.29, 1.82) is 0 Å². The summed E-state index contributed by atoms with van der Waals surface area (Å²) in [6.07, 6.45) is -1.32. The molecule has 0 spiro atoms. The molecule has 1 atom stereocenters. The zero-order chi connectivity index (χ0) is 21.6. The number of hydrogen-bond donors (Lipinski definition) is 2. The molecule has 0 aliphatic carbocycles. The van der Waals surface area contributed by atoms with Gasteiger partial charge in [-0.2, -0.15) is 4.39 Å². The first-order valence-corrected chi connectivity index (χ1v) is 8.16. The van der Waals surface area contributed by atoms with Crippen LogP contribution in [-0.2, 0) is 14.3 Å². The quantitative estimate of drug-likeness (QED) is 0.411. The Labute approximate surface area is 162 Å². The minimum Gasteiger partial charge on any atom is -0.451 e. The molecule has 152 valence electrons. The molecule has 0 aromatic heterocycles. The van der Waals surface area contributed by atoms with Gasteiger partial charge < -0.3 is 15.4 Å². The van der Waals surface area contributed by atoms with Crippen molar-refractivity contribution in [2.75, 3.05) is 11.9 Å². The lowest BCUT2D eigenvalue weighted by Crippen LogP contribution is -2.36. The number of carbonyl (C=O) groups is 3. The predicted molar refractivity (Wildman–Crippen MR) is 96.0 cm³/mol. The molecule has 2 N–H and O–H groups in total. The number of hydrogen-bond acceptors (Lipinski definition) is 6. The summed E-state index contributed by atoms with van der Waals surface area (Å²) in [5.41, 5.74) is -1.16. The van der Waals surface area contributed by atoms with Gasteiger partial charge in [-0.15, -0.1) is 0 Å². The molecule has 0 saturated carbocycles. The van der Waals surface area contributed by atoms with Gasteiger partial charge in [-0.3, -0.25) is 24.5 Å². The second kappa shape index (κ2) is 9.35. The lowest BCUT2D eigenvalue weighted by atomic mass is 10.2. The van der Waals surface area contributed by atoms with Crippen molar-refractivity contribution >= 4 is 29.2 Å². The van der Waals surface area contributed by atoms with Crippen molar-refractivity contribution < 1.29 is 32.8 Å². The molecule has 0 fully saturated rings. The molecular weight excluding hydrogens is 392 g/mol. The van der Waals surface area contributed by atoms with Gasteiger partial charge in [-0.05, 0) is 31.2 Å². The monoisotopic (exact) mass is 407 g/mol. The van der Waals surface area contributed by atoms with E-state index in [2.05, 4.69) is 10.6 Å². The number of halogens is 2. The van der Waals surface area contributed by atoms with Crippen LogP contribution in [0.15, 0.2) is 42.5 Å². The van der Waals surface area contributed by atoms with Gasteiger partial charge in [-0.25, -0.2) is 4.39 Å². The van der Waals surface area contributed by atoms with Gasteiger partial charge in [0, 0.05) is 11.8 Å². The number of amides is 2. The number of nitro groups is 1. The second-order valence-corrected chi connectivity index (χ2v) is 5.71. The third-order valence-corrected chi connectivity index (χ3v) is 3.60. The Kier molecular flexibility index (Phi) is 6.90. The van der Waals surface area contributed by atoms with E-state index in [1.807, 2.05) is 0 Å². The van der Waals surface area contributed by atoms with E-state index in [0.717, 1.165) is 24.3 Å². The average Bonchev–Trinajstić information content (AvgIpc) is 2.67. The van der Waals surface area contributed by atoms with Crippen LogP contribution in [-0.4, -0.2) is 35.4 Å². The summed E-state index contributed by atoms with van der Waals surface area (Å²) in [5, 5.41) is 15.1. The Morgan fingerprint density at radius 2 is 1.83 bits per heavy atom. The van der Waals surface area contributed by atoms with Gasteiger partial charge in [0.15, 0.2) is 6.10 Å². The number of rotatable bonds is 7. The van der Waals surface area contributed by atoms with E-state index in [9.17, 15) is 33.3 Å². The van der Waals surface area contributed by atoms with E-state index < -0.39 is 52.7 Å². The van der Waals surface area contributed by atoms with Crippen LogP contribution in [0.3, 0.4) is 0 Å². The van der Waals surface area contributed by atoms with Gasteiger partial charge in [0.1, 0.15) is 12.4 Å². The highest BCUT2D eigenvalue weighted by molar-refractivity contribution is 5.97. The Morgan fingerprint density at radius 1 is 1.14 bits per heavy atom. The number of anilines is 1. The van der Waals surface area contributed by atoms with Crippen molar-refractivity contribution in [3.63, 3.8) is 0 Å². The van der Waals surface area contributed by atoms with Crippen LogP contribution >= 0.6 is 0 Å². The Morgan fingerprint density at radius 3 is 2.48 bits per heavy atom. The third-order valence-electron chi connectivity index (χ3n) is 3.60. The van der Waals surface area contributed by atoms with Crippen LogP contribution in [0, 0.1) is 21.7 Å². The van der Waals surface area contributed by atoms with Crippen molar-refractivity contribution in [1.82, 2.24) is 5.32 Å². The smallest absolute Gasteiger partial charge is 0.326 e. The highest BCUT2D eigenvalue weighted by Crippen LogP contribution is 2.21. The number of nitrogens with one attached hydrogen (secondary N) is 2. The van der Waals surface area contributed by atoms with Crippen LogP contribution in [0.4, 0.5) is 20.2 Å². The maximum atomic E-state index is 13.5. The average molecular weight is 407 g/mol. The molecule has 2 aromatic rings. The lowest BCUT2D eigenvalue weighted by Gasteiger charge is -2.14. The van der Waals surface area contributed by atoms with Crippen molar-refractivity contribution in [3.05, 3.63) is 69.8 Å². The summed E-state index contributed by atoms with van der Waals surface area (Å²) in [4.78, 5) is 45.4. The van der Waals surface area contributed by atoms with Crippen LogP contribution < -0.4 is 10.6 Å². The topological polar surface area (TPSA) is 128 Å². The van der Waals surface area contributed by atoms with Crippen molar-refractivity contribution in [3.8, 4) is 0 Å². The summed E-state index contributed by atoms with van der Waals surface area (Å²) >= 11 is 0. The molecule has 0 aliphatic rings. The first-order chi connectivity index (χ1) is 13.7. The molecule has 0 heterocycles. The Balaban J connectivity index is 1.88. The number of benzene rings is 2. The highest BCUT2D eigenvalue weighted by atomic mass is 19.1. The molecule has 2 rings (SSSR count). The maximum absolute atomic E-state index is 13.5. The van der Waals surface area contributed by atoms with Gasteiger partial charge in [0.25, 0.3) is 11.8 Å². The molecule has 0 aliphatic heterocycles. The summed E-state index contributed by atoms with van der Waals surface area (Å²) in [7, 11) is 0. The molecule has 0 radical (unpaired) electrons. The minimum atomic E-state index is -1.32. The van der Waals surface area contributed by atoms with Crippen LogP contribution in [0.1, 0.15) is 17.3 Å². The standard InChI is InChI=1S/C18H15F2N3O6/c1-10(17(25)22-11-6-7-14(20)15(8-11)23(27)28)29-16(24)9-21-18(26)12-4-2-3-5-13(12)19/h2-8,10H,9H2,1H3,(H,21,26)(H,22,25)/t10-/m0/s1. The van der Waals surface area contributed by atoms with Gasteiger partial charge in [0.05, 0.1) is 10.5 Å². The summed E-state index contributed by atoms with van der Waals surface area (Å²) in [6, 6.07) is 7.88. The molecular formula is C18H15F2N3O6. The maximum Gasteiger partial charge on any atom is 0.326 e. The van der Waals surface area contributed by atoms with E-state index in [1.54, 1.807) is 0 Å². The lowest BCUT2D eigenvalue weighted by molar-refractivity contribution is -0.387. The SMILES string of the molecule is C[C@H](OC(=O)CNC(=O)c1ccccc1F)C(=O)Nc1ccc(F)c([N+](=O)[O-])c1. The Hall–Kier alpha value is -3.89. The number of esters is 1. The minimum absolute atomic E-state index is 0.0705. The molecule has 0 saturated heterocycles. The number of nitrogens with zero attached hydrogens (tertiary/aromatic N) is 1. The van der Waals surface area contributed by atoms with Crippen LogP contribution in [0.2, 0.25) is 0 Å². The van der Waals surface area contributed by atoms with E-state index >= 15 is 0 Å². The molecule has 29 heavy (non-hydrogen) atoms. The number of ether oxygens (including phenoxy) is 1. The first kappa shape index (κ1) is 21.4. The first-order valence-electron chi connectivity index (χ1n) is 8.16. The van der Waals surface area contributed by atoms with Crippen LogP contribution in [0.25, 0.3) is 0 Å². The Bertz CT molecular complexity index is 966. The van der Waals surface area contributed by atoms with E-state index in [-0.39, 0.29) is 11.3 Å². The fraction of sp³-hybridized carbons (Fsp3) is 0.167. The molecule has 0 bridgehead atoms. The fourth-order valence-electron chi connectivity index (χ4n) is 2.16. The van der Waals surface area contributed by atoms with E-state index in [4.69, 9.17) is 4.74 Å². The summed E-state index contributed by atoms with van der Waals surface area (Å²) in [6.45, 7) is 0.608. The highest BCUT2D eigenvalue weighted by Gasteiger charge is 2.21. The van der Waals surface area contributed by atoms with Crippen molar-refractivity contribution in [2.24, 2.45) is 0 Å². The largest absolute Gasteiger partial charge is 0.451 e. The van der Waals surface area contributed by atoms with E-state index in [1.165, 1.54) is 25.1 Å². The van der Waals surface area contributed by atoms with Crippen LogP contribution in [0.5, 0.6) is 0 Å². The molecule has 9 nitrogen and oxygen atoms in total. The van der Waals surface area contributed by atoms with Gasteiger partial charge in [0.2, 0.25) is 5.82 Å². The van der Waals surface area contributed by atoms with Gasteiger partial charge >= 0.3 is 11.7 Å². The zero-order valence-corrected chi connectivity index (χ0v) is 15.0. The third kappa shape index (κ3) is 5.79. The van der Waals surface area contributed by atoms with Crippen molar-refractivity contribution in [2.45, 2.75) is 13.0 Å². The summed E-state index contributed by atoms with van der Waals surface area (Å²) < 4.78 is 31.6. The predicted octanol–water partition coefficient (Wildman–Crippen LogP) is 2.17.